The van der Waals surface area contributed by atoms with Gasteiger partial charge in [0.2, 0.25) is 0 Å². The van der Waals surface area contributed by atoms with Crippen LogP contribution in [0.1, 0.15) is 10.4 Å². The van der Waals surface area contributed by atoms with Gasteiger partial charge in [-0.1, -0.05) is 23.2 Å². The number of hydrogen-bond acceptors (Lipinski definition) is 2. The summed E-state index contributed by atoms with van der Waals surface area (Å²) < 4.78 is 13.2. The second kappa shape index (κ2) is 5.47. The highest BCUT2D eigenvalue weighted by Crippen LogP contribution is 2.22. The second-order valence-electron chi connectivity index (χ2n) is 3.82. The Morgan fingerprint density at radius 3 is 2.47 bits per heavy atom. The van der Waals surface area contributed by atoms with Gasteiger partial charge in [-0.05, 0) is 36.4 Å². The zero-order valence-electron chi connectivity index (χ0n) is 9.58. The standard InChI is InChI=1S/C13H9Cl2FN2O/c14-9-3-2-8(6-11(9)16)18-13(19)7-1-4-12(17)10(15)5-7/h1-6H,17H2,(H,18,19). The number of benzene rings is 2. The number of nitrogen functional groups attached to an aromatic ring is 1. The van der Waals surface area contributed by atoms with E-state index in [1.807, 2.05) is 0 Å². The van der Waals surface area contributed by atoms with Crippen molar-refractivity contribution >= 4 is 40.5 Å². The molecule has 0 unspecified atom stereocenters. The van der Waals surface area contributed by atoms with Crippen LogP contribution in [-0.4, -0.2) is 5.91 Å². The van der Waals surface area contributed by atoms with Crippen molar-refractivity contribution in [2.75, 3.05) is 11.1 Å². The Hall–Kier alpha value is -1.78. The summed E-state index contributed by atoms with van der Waals surface area (Å²) in [5.74, 6) is -1.02. The van der Waals surface area contributed by atoms with Crippen LogP contribution in [-0.2, 0) is 0 Å². The van der Waals surface area contributed by atoms with Crippen LogP contribution in [0.3, 0.4) is 0 Å². The largest absolute Gasteiger partial charge is 0.398 e. The molecule has 3 nitrogen and oxygen atoms in total. The number of anilines is 2. The quantitative estimate of drug-likeness (QED) is 0.824. The molecule has 0 fully saturated rings. The molecule has 0 aliphatic heterocycles. The number of nitrogens with two attached hydrogens (primary N) is 1. The minimum absolute atomic E-state index is 0.00599. The van der Waals surface area contributed by atoms with Crippen molar-refractivity contribution in [3.8, 4) is 0 Å². The Morgan fingerprint density at radius 1 is 1.11 bits per heavy atom. The van der Waals surface area contributed by atoms with Gasteiger partial charge >= 0.3 is 0 Å². The van der Waals surface area contributed by atoms with Gasteiger partial charge in [-0.25, -0.2) is 4.39 Å². The third-order valence-electron chi connectivity index (χ3n) is 2.44. The summed E-state index contributed by atoms with van der Waals surface area (Å²) in [6.45, 7) is 0. The van der Waals surface area contributed by atoms with Gasteiger partial charge in [-0.3, -0.25) is 4.79 Å². The summed E-state index contributed by atoms with van der Waals surface area (Å²) in [4.78, 5) is 11.9. The topological polar surface area (TPSA) is 55.1 Å². The first-order chi connectivity index (χ1) is 8.97. The van der Waals surface area contributed by atoms with Gasteiger partial charge in [0.1, 0.15) is 5.82 Å². The lowest BCUT2D eigenvalue weighted by Crippen LogP contribution is -2.12. The molecule has 0 radical (unpaired) electrons. The minimum Gasteiger partial charge on any atom is -0.398 e. The zero-order valence-corrected chi connectivity index (χ0v) is 11.1. The average Bonchev–Trinajstić information content (AvgIpc) is 2.37. The van der Waals surface area contributed by atoms with Crippen molar-refractivity contribution in [1.29, 1.82) is 0 Å². The van der Waals surface area contributed by atoms with E-state index in [0.717, 1.165) is 6.07 Å². The first-order valence-corrected chi connectivity index (χ1v) is 6.04. The Morgan fingerprint density at radius 2 is 1.84 bits per heavy atom. The van der Waals surface area contributed by atoms with Crippen molar-refractivity contribution in [3.63, 3.8) is 0 Å². The number of halogens is 3. The van der Waals surface area contributed by atoms with Crippen LogP contribution in [0, 0.1) is 5.82 Å². The van der Waals surface area contributed by atoms with Gasteiger partial charge < -0.3 is 11.1 Å². The van der Waals surface area contributed by atoms with Gasteiger partial charge in [-0.15, -0.1) is 0 Å². The molecule has 0 spiro atoms. The van der Waals surface area contributed by atoms with E-state index < -0.39 is 11.7 Å². The maximum atomic E-state index is 13.2. The number of nitrogens with one attached hydrogen (secondary N) is 1. The molecule has 0 aromatic heterocycles. The predicted molar refractivity (Wildman–Crippen MR) is 75.2 cm³/mol. The lowest BCUT2D eigenvalue weighted by atomic mass is 10.2. The molecule has 19 heavy (non-hydrogen) atoms. The number of hydrogen-bond donors (Lipinski definition) is 2. The van der Waals surface area contributed by atoms with Gasteiger partial charge in [0, 0.05) is 11.3 Å². The number of carbonyl (C=O) groups is 1. The Balaban J connectivity index is 2.20. The third-order valence-corrected chi connectivity index (χ3v) is 3.07. The fourth-order valence-electron chi connectivity index (χ4n) is 1.45. The molecular weight excluding hydrogens is 290 g/mol. The van der Waals surface area contributed by atoms with E-state index in [-0.39, 0.29) is 10.0 Å². The monoisotopic (exact) mass is 298 g/mol. The smallest absolute Gasteiger partial charge is 0.255 e. The molecule has 1 amide bonds. The van der Waals surface area contributed by atoms with E-state index in [9.17, 15) is 9.18 Å². The molecule has 0 aliphatic carbocycles. The Labute approximate surface area is 119 Å². The van der Waals surface area contributed by atoms with Crippen molar-refractivity contribution < 1.29 is 9.18 Å². The molecule has 3 N–H and O–H groups in total. The van der Waals surface area contributed by atoms with Crippen molar-refractivity contribution in [1.82, 2.24) is 0 Å². The number of amides is 1. The zero-order chi connectivity index (χ0) is 14.0. The molecule has 0 saturated carbocycles. The first kappa shape index (κ1) is 13.6. The maximum Gasteiger partial charge on any atom is 0.255 e. The third kappa shape index (κ3) is 3.16. The lowest BCUT2D eigenvalue weighted by Gasteiger charge is -2.07. The van der Waals surface area contributed by atoms with Crippen LogP contribution in [0.2, 0.25) is 10.0 Å². The van der Waals surface area contributed by atoms with Crippen LogP contribution in [0.4, 0.5) is 15.8 Å². The van der Waals surface area contributed by atoms with Gasteiger partial charge in [0.05, 0.1) is 15.7 Å². The van der Waals surface area contributed by atoms with Gasteiger partial charge in [0.25, 0.3) is 5.91 Å². The molecule has 98 valence electrons. The Kier molecular flexibility index (Phi) is 3.93. The van der Waals surface area contributed by atoms with E-state index in [0.29, 0.717) is 16.9 Å². The minimum atomic E-state index is -0.602. The fraction of sp³-hybridized carbons (Fsp3) is 0. The second-order valence-corrected chi connectivity index (χ2v) is 4.63. The summed E-state index contributed by atoms with van der Waals surface area (Å²) in [5.41, 5.74) is 6.57. The van der Waals surface area contributed by atoms with E-state index in [4.69, 9.17) is 28.9 Å². The van der Waals surface area contributed by atoms with Crippen molar-refractivity contribution in [2.24, 2.45) is 0 Å². The van der Waals surface area contributed by atoms with Crippen molar-refractivity contribution in [3.05, 3.63) is 57.8 Å². The van der Waals surface area contributed by atoms with Crippen LogP contribution in [0.5, 0.6) is 0 Å². The SMILES string of the molecule is Nc1ccc(C(=O)Nc2ccc(Cl)c(F)c2)cc1Cl. The lowest BCUT2D eigenvalue weighted by molar-refractivity contribution is 0.102. The van der Waals surface area contributed by atoms with E-state index in [1.54, 1.807) is 0 Å². The summed E-state index contributed by atoms with van der Waals surface area (Å²) in [5, 5.41) is 2.82. The number of carbonyl (C=O) groups excluding carboxylic acids is 1. The Bertz CT molecular complexity index is 647. The summed E-state index contributed by atoms with van der Waals surface area (Å²) >= 11 is 11.4. The molecule has 0 aliphatic rings. The molecular formula is C13H9Cl2FN2O. The maximum absolute atomic E-state index is 13.2. The summed E-state index contributed by atoms with van der Waals surface area (Å²) in [6.07, 6.45) is 0. The van der Waals surface area contributed by atoms with Crippen LogP contribution < -0.4 is 11.1 Å². The fourth-order valence-corrected chi connectivity index (χ4v) is 1.74. The van der Waals surface area contributed by atoms with Crippen molar-refractivity contribution in [2.45, 2.75) is 0 Å². The number of rotatable bonds is 2. The molecule has 0 heterocycles. The first-order valence-electron chi connectivity index (χ1n) is 5.29. The summed E-state index contributed by atoms with van der Waals surface area (Å²) in [6, 6.07) is 8.50. The highest BCUT2D eigenvalue weighted by Gasteiger charge is 2.09. The molecule has 2 rings (SSSR count). The normalized spacial score (nSPS) is 10.3. The molecule has 2 aromatic carbocycles. The highest BCUT2D eigenvalue weighted by molar-refractivity contribution is 6.33. The molecule has 6 heteroatoms. The van der Waals surface area contributed by atoms with E-state index in [1.165, 1.54) is 30.3 Å². The predicted octanol–water partition coefficient (Wildman–Crippen LogP) is 3.97. The average molecular weight is 299 g/mol. The van der Waals surface area contributed by atoms with E-state index >= 15 is 0 Å². The highest BCUT2D eigenvalue weighted by atomic mass is 35.5. The van der Waals surface area contributed by atoms with Crippen LogP contribution in [0.15, 0.2) is 36.4 Å². The molecule has 0 bridgehead atoms. The van der Waals surface area contributed by atoms with Crippen LogP contribution >= 0.6 is 23.2 Å². The van der Waals surface area contributed by atoms with Crippen LogP contribution in [0.25, 0.3) is 0 Å². The van der Waals surface area contributed by atoms with Gasteiger partial charge in [0.15, 0.2) is 0 Å². The summed E-state index contributed by atoms with van der Waals surface area (Å²) in [7, 11) is 0. The molecule has 0 saturated heterocycles. The molecule has 0 atom stereocenters. The molecule has 2 aromatic rings. The van der Waals surface area contributed by atoms with Gasteiger partial charge in [-0.2, -0.15) is 0 Å². The van der Waals surface area contributed by atoms with E-state index in [2.05, 4.69) is 5.32 Å².